The molecule has 0 bridgehead atoms. The van der Waals surface area contributed by atoms with E-state index in [1.807, 2.05) is 0 Å². The summed E-state index contributed by atoms with van der Waals surface area (Å²) in [7, 11) is 0. The maximum Gasteiger partial charge on any atom is 0.242 e. The van der Waals surface area contributed by atoms with Crippen LogP contribution in [0.15, 0.2) is 0 Å². The third-order valence-corrected chi connectivity index (χ3v) is 8.03. The highest BCUT2D eigenvalue weighted by molar-refractivity contribution is 5.82. The summed E-state index contributed by atoms with van der Waals surface area (Å²) >= 11 is 0. The SMILES string of the molecule is CCC1(CC)CCN(C(=O)C2CC(COC3CCC4NCCCC4C3)ON2)C1. The number of carbonyl (C=O) groups is 1. The van der Waals surface area contributed by atoms with E-state index in [1.165, 1.54) is 32.2 Å². The van der Waals surface area contributed by atoms with Gasteiger partial charge in [-0.1, -0.05) is 13.8 Å². The lowest BCUT2D eigenvalue weighted by atomic mass is 9.78. The number of amides is 1. The van der Waals surface area contributed by atoms with Gasteiger partial charge >= 0.3 is 0 Å². The molecule has 0 radical (unpaired) electrons. The van der Waals surface area contributed by atoms with Crippen LogP contribution in [0.1, 0.15) is 71.6 Å². The molecular weight excluding hydrogens is 354 g/mol. The van der Waals surface area contributed by atoms with E-state index in [2.05, 4.69) is 29.5 Å². The molecule has 5 unspecified atom stereocenters. The summed E-state index contributed by atoms with van der Waals surface area (Å²) in [5, 5.41) is 3.67. The van der Waals surface area contributed by atoms with Gasteiger partial charge in [-0.25, -0.2) is 0 Å². The van der Waals surface area contributed by atoms with Crippen LogP contribution in [0.2, 0.25) is 0 Å². The van der Waals surface area contributed by atoms with Gasteiger partial charge in [0.1, 0.15) is 12.1 Å². The van der Waals surface area contributed by atoms with Crippen LogP contribution >= 0.6 is 0 Å². The fourth-order valence-corrected chi connectivity index (χ4v) is 5.82. The first-order chi connectivity index (χ1) is 13.6. The first-order valence-corrected chi connectivity index (χ1v) is 11.7. The molecule has 4 fully saturated rings. The number of hydrogen-bond acceptors (Lipinski definition) is 5. The lowest BCUT2D eigenvalue weighted by Crippen LogP contribution is -2.46. The number of likely N-dealkylation sites (tertiary alicyclic amines) is 1. The Bertz CT molecular complexity index is 539. The second-order valence-corrected chi connectivity index (χ2v) is 9.59. The van der Waals surface area contributed by atoms with Crippen molar-refractivity contribution >= 4 is 5.91 Å². The van der Waals surface area contributed by atoms with Crippen LogP contribution in [0.3, 0.4) is 0 Å². The van der Waals surface area contributed by atoms with Crippen molar-refractivity contribution < 1.29 is 14.4 Å². The molecule has 3 aliphatic heterocycles. The van der Waals surface area contributed by atoms with Crippen LogP contribution in [0, 0.1) is 11.3 Å². The molecule has 0 aromatic carbocycles. The number of hydroxylamine groups is 1. The Morgan fingerprint density at radius 2 is 2.07 bits per heavy atom. The zero-order valence-electron chi connectivity index (χ0n) is 17.8. The van der Waals surface area contributed by atoms with Gasteiger partial charge in [-0.2, -0.15) is 5.48 Å². The highest BCUT2D eigenvalue weighted by atomic mass is 16.7. The van der Waals surface area contributed by atoms with Gasteiger partial charge in [0.2, 0.25) is 5.91 Å². The van der Waals surface area contributed by atoms with Gasteiger partial charge in [-0.05, 0) is 69.2 Å². The fraction of sp³-hybridized carbons (Fsp3) is 0.955. The average molecular weight is 394 g/mol. The molecule has 6 heteroatoms. The molecule has 0 aromatic heterocycles. The molecule has 160 valence electrons. The van der Waals surface area contributed by atoms with E-state index >= 15 is 0 Å². The number of fused-ring (bicyclic) bond motifs is 1. The highest BCUT2D eigenvalue weighted by Gasteiger charge is 2.41. The molecule has 1 aliphatic carbocycles. The molecule has 5 atom stereocenters. The summed E-state index contributed by atoms with van der Waals surface area (Å²) in [5.41, 5.74) is 3.32. The fourth-order valence-electron chi connectivity index (χ4n) is 5.82. The third-order valence-electron chi connectivity index (χ3n) is 8.03. The lowest BCUT2D eigenvalue weighted by Gasteiger charge is -2.39. The summed E-state index contributed by atoms with van der Waals surface area (Å²) in [6, 6.07) is 0.496. The van der Waals surface area contributed by atoms with Gasteiger partial charge in [-0.15, -0.1) is 0 Å². The molecule has 0 spiro atoms. The number of piperidine rings is 1. The zero-order chi connectivity index (χ0) is 19.6. The largest absolute Gasteiger partial charge is 0.375 e. The predicted molar refractivity (Wildman–Crippen MR) is 109 cm³/mol. The summed E-state index contributed by atoms with van der Waals surface area (Å²) < 4.78 is 6.22. The standard InChI is InChI=1S/C22H39N3O3/c1-3-22(4-2)9-11-25(15-22)21(26)20-13-18(28-24-20)14-27-17-7-8-19-16(12-17)6-5-10-23-19/h16-20,23-24H,3-15H2,1-2H3. The van der Waals surface area contributed by atoms with Gasteiger partial charge < -0.3 is 15.0 Å². The molecule has 4 aliphatic rings. The van der Waals surface area contributed by atoms with Crippen molar-refractivity contribution in [3.8, 4) is 0 Å². The highest BCUT2D eigenvalue weighted by Crippen LogP contribution is 2.37. The second-order valence-electron chi connectivity index (χ2n) is 9.59. The Labute approximate surface area is 170 Å². The molecule has 1 amide bonds. The van der Waals surface area contributed by atoms with Crippen molar-refractivity contribution in [3.63, 3.8) is 0 Å². The topological polar surface area (TPSA) is 62.8 Å². The van der Waals surface area contributed by atoms with Gasteiger partial charge in [0, 0.05) is 25.6 Å². The van der Waals surface area contributed by atoms with Crippen LogP contribution in [0.25, 0.3) is 0 Å². The number of nitrogens with one attached hydrogen (secondary N) is 2. The maximum absolute atomic E-state index is 12.9. The van der Waals surface area contributed by atoms with Gasteiger partial charge in [0.05, 0.1) is 12.7 Å². The Hall–Kier alpha value is -0.690. The second kappa shape index (κ2) is 8.99. The minimum atomic E-state index is -0.212. The van der Waals surface area contributed by atoms with Crippen molar-refractivity contribution in [2.75, 3.05) is 26.2 Å². The van der Waals surface area contributed by atoms with E-state index in [1.54, 1.807) is 0 Å². The Kier molecular flexibility index (Phi) is 6.60. The minimum Gasteiger partial charge on any atom is -0.375 e. The zero-order valence-corrected chi connectivity index (χ0v) is 17.8. The van der Waals surface area contributed by atoms with E-state index in [0.717, 1.165) is 51.1 Å². The Morgan fingerprint density at radius 3 is 2.86 bits per heavy atom. The molecule has 6 nitrogen and oxygen atoms in total. The number of carbonyl (C=O) groups excluding carboxylic acids is 1. The molecular formula is C22H39N3O3. The molecule has 1 saturated carbocycles. The molecule has 4 rings (SSSR count). The molecule has 3 heterocycles. The van der Waals surface area contributed by atoms with E-state index in [9.17, 15) is 4.79 Å². The van der Waals surface area contributed by atoms with Gasteiger partial charge in [-0.3, -0.25) is 9.63 Å². The van der Waals surface area contributed by atoms with Gasteiger partial charge in [0.25, 0.3) is 0 Å². The van der Waals surface area contributed by atoms with E-state index in [-0.39, 0.29) is 18.1 Å². The van der Waals surface area contributed by atoms with Crippen LogP contribution in [-0.4, -0.2) is 61.3 Å². The van der Waals surface area contributed by atoms with Crippen molar-refractivity contribution in [3.05, 3.63) is 0 Å². The predicted octanol–water partition coefficient (Wildman–Crippen LogP) is 2.62. The summed E-state index contributed by atoms with van der Waals surface area (Å²) in [5.74, 6) is 0.983. The smallest absolute Gasteiger partial charge is 0.242 e. The number of rotatable bonds is 6. The van der Waals surface area contributed by atoms with E-state index in [0.29, 0.717) is 24.2 Å². The van der Waals surface area contributed by atoms with Crippen LogP contribution in [-0.2, 0) is 14.4 Å². The van der Waals surface area contributed by atoms with Gasteiger partial charge in [0.15, 0.2) is 0 Å². The summed E-state index contributed by atoms with van der Waals surface area (Å²) in [6.07, 6.45) is 10.7. The maximum atomic E-state index is 12.9. The van der Waals surface area contributed by atoms with Crippen LogP contribution < -0.4 is 10.8 Å². The van der Waals surface area contributed by atoms with Crippen molar-refractivity contribution in [1.29, 1.82) is 0 Å². The molecule has 0 aromatic rings. The van der Waals surface area contributed by atoms with Crippen LogP contribution in [0.4, 0.5) is 0 Å². The van der Waals surface area contributed by atoms with Crippen molar-refractivity contribution in [2.45, 2.75) is 95.9 Å². The average Bonchev–Trinajstić information content (AvgIpc) is 3.39. The molecule has 3 saturated heterocycles. The number of hydrogen-bond donors (Lipinski definition) is 2. The summed E-state index contributed by atoms with van der Waals surface area (Å²) in [4.78, 5) is 20.7. The quantitative estimate of drug-likeness (QED) is 0.726. The lowest BCUT2D eigenvalue weighted by molar-refractivity contribution is -0.134. The Morgan fingerprint density at radius 1 is 1.21 bits per heavy atom. The van der Waals surface area contributed by atoms with E-state index in [4.69, 9.17) is 9.57 Å². The Balaban J connectivity index is 1.20. The molecule has 28 heavy (non-hydrogen) atoms. The number of ether oxygens (including phenoxy) is 1. The first-order valence-electron chi connectivity index (χ1n) is 11.7. The number of nitrogens with zero attached hydrogens (tertiary/aromatic N) is 1. The summed E-state index contributed by atoms with van der Waals surface area (Å²) in [6.45, 7) is 8.06. The first kappa shape index (κ1) is 20.6. The molecule has 2 N–H and O–H groups in total. The normalized spacial score (nSPS) is 37.8. The van der Waals surface area contributed by atoms with Crippen molar-refractivity contribution in [1.82, 2.24) is 15.7 Å². The van der Waals surface area contributed by atoms with Crippen LogP contribution in [0.5, 0.6) is 0 Å². The minimum absolute atomic E-state index is 0.0131. The third kappa shape index (κ3) is 4.40. The monoisotopic (exact) mass is 393 g/mol. The van der Waals surface area contributed by atoms with Crippen molar-refractivity contribution in [2.24, 2.45) is 11.3 Å². The van der Waals surface area contributed by atoms with E-state index < -0.39 is 0 Å².